The zero-order valence-electron chi connectivity index (χ0n) is 18.5. The highest BCUT2D eigenvalue weighted by molar-refractivity contribution is 5.90. The van der Waals surface area contributed by atoms with E-state index in [1.54, 1.807) is 6.08 Å². The van der Waals surface area contributed by atoms with Gasteiger partial charge in [0.1, 0.15) is 0 Å². The second-order valence-corrected chi connectivity index (χ2v) is 7.63. The van der Waals surface area contributed by atoms with Crippen molar-refractivity contribution in [1.82, 2.24) is 10.6 Å². The highest BCUT2D eigenvalue weighted by Gasteiger charge is 2.11. The molecular formula is C27H30N4O2. The summed E-state index contributed by atoms with van der Waals surface area (Å²) in [4.78, 5) is 24.7. The summed E-state index contributed by atoms with van der Waals surface area (Å²) in [5, 5.41) is 8.59. The lowest BCUT2D eigenvalue weighted by Gasteiger charge is -2.16. The van der Waals surface area contributed by atoms with Gasteiger partial charge in [-0.25, -0.2) is 4.79 Å². The Balaban J connectivity index is 1.61. The van der Waals surface area contributed by atoms with Crippen molar-refractivity contribution in [3.8, 4) is 11.1 Å². The van der Waals surface area contributed by atoms with Crippen molar-refractivity contribution in [2.75, 3.05) is 18.4 Å². The van der Waals surface area contributed by atoms with Crippen LogP contribution in [-0.4, -0.2) is 31.1 Å². The summed E-state index contributed by atoms with van der Waals surface area (Å²) in [6.45, 7) is 1.05. The first kappa shape index (κ1) is 23.8. The largest absolute Gasteiger partial charge is 0.353 e. The number of urea groups is 1. The molecule has 0 heterocycles. The first-order valence-electron chi connectivity index (χ1n) is 11.1. The summed E-state index contributed by atoms with van der Waals surface area (Å²) in [5.74, 6) is -0.208. The van der Waals surface area contributed by atoms with Crippen LogP contribution in [0.5, 0.6) is 0 Å². The predicted molar refractivity (Wildman–Crippen MR) is 134 cm³/mol. The number of nitrogens with one attached hydrogen (secondary N) is 3. The Labute approximate surface area is 194 Å². The SMILES string of the molecule is NCCCNC(=O)C=C[C@H](Cc1ccccc1)NC(=O)Nc1ccc(-c2ccccc2)cc1. The number of anilines is 1. The maximum atomic E-state index is 12.7. The lowest BCUT2D eigenvalue weighted by atomic mass is 10.1. The van der Waals surface area contributed by atoms with Crippen molar-refractivity contribution in [2.45, 2.75) is 18.9 Å². The molecule has 0 aliphatic heterocycles. The molecule has 0 fully saturated rings. The molecule has 0 unspecified atom stereocenters. The Morgan fingerprint density at radius 1 is 0.848 bits per heavy atom. The van der Waals surface area contributed by atoms with Crippen LogP contribution >= 0.6 is 0 Å². The van der Waals surface area contributed by atoms with Crippen LogP contribution in [0.3, 0.4) is 0 Å². The predicted octanol–water partition coefficient (Wildman–Crippen LogP) is 4.11. The Bertz CT molecular complexity index is 1030. The van der Waals surface area contributed by atoms with Gasteiger partial charge in [-0.3, -0.25) is 4.79 Å². The number of benzene rings is 3. The highest BCUT2D eigenvalue weighted by Crippen LogP contribution is 2.21. The van der Waals surface area contributed by atoms with E-state index in [4.69, 9.17) is 5.73 Å². The van der Waals surface area contributed by atoms with Gasteiger partial charge in [0.05, 0.1) is 6.04 Å². The molecule has 33 heavy (non-hydrogen) atoms. The molecule has 3 amide bonds. The summed E-state index contributed by atoms with van der Waals surface area (Å²) < 4.78 is 0. The molecule has 3 aromatic rings. The fourth-order valence-electron chi connectivity index (χ4n) is 3.32. The molecule has 3 rings (SSSR count). The number of rotatable bonds is 10. The lowest BCUT2D eigenvalue weighted by molar-refractivity contribution is -0.116. The van der Waals surface area contributed by atoms with Gasteiger partial charge in [-0.2, -0.15) is 0 Å². The number of amides is 3. The van der Waals surface area contributed by atoms with E-state index in [1.807, 2.05) is 84.9 Å². The van der Waals surface area contributed by atoms with Crippen molar-refractivity contribution in [3.63, 3.8) is 0 Å². The Morgan fingerprint density at radius 2 is 1.48 bits per heavy atom. The number of nitrogens with two attached hydrogens (primary N) is 1. The zero-order chi connectivity index (χ0) is 23.3. The second kappa shape index (κ2) is 12.8. The lowest BCUT2D eigenvalue weighted by Crippen LogP contribution is -2.38. The normalized spacial score (nSPS) is 11.7. The van der Waals surface area contributed by atoms with E-state index in [9.17, 15) is 9.59 Å². The van der Waals surface area contributed by atoms with Crippen LogP contribution < -0.4 is 21.7 Å². The fourth-order valence-corrected chi connectivity index (χ4v) is 3.32. The van der Waals surface area contributed by atoms with Gasteiger partial charge in [0.15, 0.2) is 0 Å². The third-order valence-corrected chi connectivity index (χ3v) is 5.02. The topological polar surface area (TPSA) is 96.2 Å². The summed E-state index contributed by atoms with van der Waals surface area (Å²) >= 11 is 0. The van der Waals surface area contributed by atoms with Crippen molar-refractivity contribution in [2.24, 2.45) is 5.73 Å². The maximum absolute atomic E-state index is 12.7. The fraction of sp³-hybridized carbons (Fsp3) is 0.185. The first-order chi connectivity index (χ1) is 16.1. The minimum Gasteiger partial charge on any atom is -0.353 e. The molecule has 5 N–H and O–H groups in total. The Hall–Kier alpha value is -3.90. The zero-order valence-corrected chi connectivity index (χ0v) is 18.5. The molecule has 0 bridgehead atoms. The molecule has 0 aliphatic rings. The van der Waals surface area contributed by atoms with Gasteiger partial charge < -0.3 is 21.7 Å². The third-order valence-electron chi connectivity index (χ3n) is 5.02. The van der Waals surface area contributed by atoms with Crippen molar-refractivity contribution in [1.29, 1.82) is 0 Å². The average molecular weight is 443 g/mol. The van der Waals surface area contributed by atoms with Crippen molar-refractivity contribution >= 4 is 17.6 Å². The van der Waals surface area contributed by atoms with E-state index >= 15 is 0 Å². The van der Waals surface area contributed by atoms with Gasteiger partial charge in [-0.15, -0.1) is 0 Å². The Morgan fingerprint density at radius 3 is 2.15 bits per heavy atom. The molecule has 0 spiro atoms. The molecular weight excluding hydrogens is 412 g/mol. The molecule has 1 atom stereocenters. The van der Waals surface area contributed by atoms with Crippen LogP contribution in [0.4, 0.5) is 10.5 Å². The van der Waals surface area contributed by atoms with Gasteiger partial charge in [-0.1, -0.05) is 78.9 Å². The Kier molecular flexibility index (Phi) is 9.24. The quantitative estimate of drug-likeness (QED) is 0.281. The minimum atomic E-state index is -0.351. The molecule has 6 heteroatoms. The van der Waals surface area contributed by atoms with Gasteiger partial charge >= 0.3 is 6.03 Å². The van der Waals surface area contributed by atoms with Gasteiger partial charge in [-0.05, 0) is 48.2 Å². The minimum absolute atomic E-state index is 0.208. The summed E-state index contributed by atoms with van der Waals surface area (Å²) in [6.07, 6.45) is 4.45. The standard InChI is InChI=1S/C27H30N4O2/c28-18-7-19-29-26(32)17-16-25(20-21-8-3-1-4-9-21)31-27(33)30-24-14-12-23(13-15-24)22-10-5-2-6-11-22/h1-6,8-17,25H,7,18-20,28H2,(H,29,32)(H2,30,31,33)/t25-/m1/s1. The van der Waals surface area contributed by atoms with Gasteiger partial charge in [0, 0.05) is 18.3 Å². The molecule has 0 saturated carbocycles. The van der Waals surface area contributed by atoms with Gasteiger partial charge in [0.25, 0.3) is 0 Å². The van der Waals surface area contributed by atoms with E-state index in [0.29, 0.717) is 25.2 Å². The molecule has 0 aliphatic carbocycles. The van der Waals surface area contributed by atoms with Crippen molar-refractivity contribution in [3.05, 3.63) is 103 Å². The summed E-state index contributed by atoms with van der Waals surface area (Å²) in [6, 6.07) is 26.9. The monoisotopic (exact) mass is 442 g/mol. The van der Waals surface area contributed by atoms with Crippen LogP contribution in [0.25, 0.3) is 11.1 Å². The van der Waals surface area contributed by atoms with Gasteiger partial charge in [0.2, 0.25) is 5.91 Å². The smallest absolute Gasteiger partial charge is 0.319 e. The first-order valence-corrected chi connectivity index (χ1v) is 11.1. The van der Waals surface area contributed by atoms with Crippen molar-refractivity contribution < 1.29 is 9.59 Å². The molecule has 6 nitrogen and oxygen atoms in total. The highest BCUT2D eigenvalue weighted by atomic mass is 16.2. The van der Waals surface area contributed by atoms with Crippen LogP contribution in [0.1, 0.15) is 12.0 Å². The average Bonchev–Trinajstić information content (AvgIpc) is 2.84. The van der Waals surface area contributed by atoms with E-state index < -0.39 is 0 Å². The third kappa shape index (κ3) is 8.27. The molecule has 170 valence electrons. The van der Waals surface area contributed by atoms with Crippen LogP contribution in [0.15, 0.2) is 97.1 Å². The summed E-state index contributed by atoms with van der Waals surface area (Å²) in [5.41, 5.74) is 9.40. The van der Waals surface area contributed by atoms with Crippen LogP contribution in [-0.2, 0) is 11.2 Å². The van der Waals surface area contributed by atoms with E-state index in [-0.39, 0.29) is 18.0 Å². The van der Waals surface area contributed by atoms with E-state index in [2.05, 4.69) is 16.0 Å². The number of hydrogen-bond acceptors (Lipinski definition) is 3. The van der Waals surface area contributed by atoms with E-state index in [0.717, 1.165) is 23.1 Å². The van der Waals surface area contributed by atoms with Crippen LogP contribution in [0.2, 0.25) is 0 Å². The van der Waals surface area contributed by atoms with Crippen LogP contribution in [0, 0.1) is 0 Å². The molecule has 0 saturated heterocycles. The number of carbonyl (C=O) groups is 2. The maximum Gasteiger partial charge on any atom is 0.319 e. The molecule has 3 aromatic carbocycles. The number of hydrogen-bond donors (Lipinski definition) is 4. The molecule has 0 radical (unpaired) electrons. The summed E-state index contributed by atoms with van der Waals surface area (Å²) in [7, 11) is 0. The van der Waals surface area contributed by atoms with E-state index in [1.165, 1.54) is 6.08 Å². The molecule has 0 aromatic heterocycles. The number of carbonyl (C=O) groups excluding carboxylic acids is 2. The second-order valence-electron chi connectivity index (χ2n) is 7.63.